The summed E-state index contributed by atoms with van der Waals surface area (Å²) in [6.45, 7) is 5.06. The highest BCUT2D eigenvalue weighted by atomic mass is 35.5. The minimum Gasteiger partial charge on any atom is -0.381 e. The zero-order valence-electron chi connectivity index (χ0n) is 19.3. The molecule has 1 heterocycles. The van der Waals surface area contributed by atoms with Gasteiger partial charge < -0.3 is 15.5 Å². The van der Waals surface area contributed by atoms with Crippen LogP contribution in [0.2, 0.25) is 5.02 Å². The number of hydrogen-bond acceptors (Lipinski definition) is 4. The number of benzene rings is 2. The van der Waals surface area contributed by atoms with E-state index >= 15 is 0 Å². The maximum Gasteiger partial charge on any atom is 0.130 e. The van der Waals surface area contributed by atoms with Gasteiger partial charge >= 0.3 is 0 Å². The third kappa shape index (κ3) is 7.24. The molecule has 0 saturated carbocycles. The van der Waals surface area contributed by atoms with E-state index in [0.29, 0.717) is 23.9 Å². The lowest BCUT2D eigenvalue weighted by Gasteiger charge is -2.16. The lowest BCUT2D eigenvalue weighted by atomic mass is 10.1. The summed E-state index contributed by atoms with van der Waals surface area (Å²) < 4.78 is 13.8. The van der Waals surface area contributed by atoms with Crippen molar-refractivity contribution in [3.05, 3.63) is 88.3 Å². The zero-order valence-corrected chi connectivity index (χ0v) is 20.0. The summed E-state index contributed by atoms with van der Waals surface area (Å²) in [7, 11) is 5.73. The quantitative estimate of drug-likeness (QED) is 0.335. The monoisotopic (exact) mass is 455 g/mol. The topological polar surface area (TPSA) is 52.6 Å². The summed E-state index contributed by atoms with van der Waals surface area (Å²) in [4.78, 5) is 10.5. The summed E-state index contributed by atoms with van der Waals surface area (Å²) in [5.74, 6) is 1.33. The number of nitrogens with zero attached hydrogens (tertiary/aromatic N) is 3. The van der Waals surface area contributed by atoms with Gasteiger partial charge in [0.25, 0.3) is 0 Å². The van der Waals surface area contributed by atoms with Gasteiger partial charge in [-0.2, -0.15) is 0 Å². The fourth-order valence-electron chi connectivity index (χ4n) is 3.10. The maximum absolute atomic E-state index is 13.8. The van der Waals surface area contributed by atoms with E-state index in [1.807, 2.05) is 32.8 Å². The molecule has 32 heavy (non-hydrogen) atoms. The number of amidine groups is 1. The van der Waals surface area contributed by atoms with Crippen LogP contribution < -0.4 is 10.6 Å². The van der Waals surface area contributed by atoms with Crippen LogP contribution in [0.15, 0.2) is 65.8 Å². The van der Waals surface area contributed by atoms with Gasteiger partial charge in [-0.25, -0.2) is 9.37 Å². The van der Waals surface area contributed by atoms with Crippen LogP contribution >= 0.6 is 11.6 Å². The lowest BCUT2D eigenvalue weighted by molar-refractivity contribution is 0.622. The Hall–Kier alpha value is -3.12. The molecule has 0 atom stereocenters. The van der Waals surface area contributed by atoms with Crippen molar-refractivity contribution >= 4 is 28.9 Å². The molecular formula is C25H31ClFN5. The highest BCUT2D eigenvalue weighted by molar-refractivity contribution is 6.30. The highest BCUT2D eigenvalue weighted by Crippen LogP contribution is 2.20. The molecule has 0 aliphatic carbocycles. The van der Waals surface area contributed by atoms with Crippen LogP contribution in [-0.4, -0.2) is 36.9 Å². The molecule has 3 aromatic rings. The second-order valence-electron chi connectivity index (χ2n) is 7.01. The van der Waals surface area contributed by atoms with Crippen molar-refractivity contribution in [2.75, 3.05) is 31.8 Å². The van der Waals surface area contributed by atoms with Gasteiger partial charge in [0, 0.05) is 51.7 Å². The van der Waals surface area contributed by atoms with Crippen LogP contribution in [0.25, 0.3) is 0 Å². The van der Waals surface area contributed by atoms with Gasteiger partial charge in [0.15, 0.2) is 0 Å². The average molecular weight is 456 g/mol. The van der Waals surface area contributed by atoms with Crippen LogP contribution in [-0.2, 0) is 13.1 Å². The van der Waals surface area contributed by atoms with Gasteiger partial charge in [0.05, 0.1) is 5.02 Å². The molecule has 0 amide bonds. The van der Waals surface area contributed by atoms with Crippen LogP contribution in [0.5, 0.6) is 0 Å². The van der Waals surface area contributed by atoms with E-state index in [4.69, 9.17) is 11.6 Å². The maximum atomic E-state index is 13.8. The Balaban J connectivity index is 0.00000176. The lowest BCUT2D eigenvalue weighted by Crippen LogP contribution is -2.22. The van der Waals surface area contributed by atoms with Gasteiger partial charge in [0.2, 0.25) is 0 Å². The van der Waals surface area contributed by atoms with Crippen LogP contribution in [0, 0.1) is 5.82 Å². The van der Waals surface area contributed by atoms with Crippen molar-refractivity contribution in [3.63, 3.8) is 0 Å². The van der Waals surface area contributed by atoms with Gasteiger partial charge in [0.1, 0.15) is 17.5 Å². The number of nitrogens with one attached hydrogen (secondary N) is 2. The Morgan fingerprint density at radius 2 is 1.72 bits per heavy atom. The molecule has 7 heteroatoms. The average Bonchev–Trinajstić information content (AvgIpc) is 2.80. The first-order chi connectivity index (χ1) is 15.5. The van der Waals surface area contributed by atoms with E-state index in [1.165, 1.54) is 12.1 Å². The predicted molar refractivity (Wildman–Crippen MR) is 134 cm³/mol. The fourth-order valence-corrected chi connectivity index (χ4v) is 3.22. The Labute approximate surface area is 195 Å². The Morgan fingerprint density at radius 1 is 1.00 bits per heavy atom. The van der Waals surface area contributed by atoms with E-state index in [0.717, 1.165) is 28.2 Å². The molecule has 2 aromatic carbocycles. The number of anilines is 2. The Morgan fingerprint density at radius 3 is 2.31 bits per heavy atom. The second-order valence-corrected chi connectivity index (χ2v) is 7.45. The SMILES string of the molecule is CC.CN=C(c1ccc(CNc2ccc(F)cc2CNc2ccc(Cl)cn2)cc1)N(C)C. The number of pyridine rings is 1. The van der Waals surface area contributed by atoms with Crippen LogP contribution in [0.4, 0.5) is 15.9 Å². The molecule has 2 N–H and O–H groups in total. The van der Waals surface area contributed by atoms with Gasteiger partial charge in [-0.05, 0) is 41.5 Å². The van der Waals surface area contributed by atoms with Crippen LogP contribution in [0.3, 0.4) is 0 Å². The third-order valence-corrected chi connectivity index (χ3v) is 4.81. The summed E-state index contributed by atoms with van der Waals surface area (Å²) in [6.07, 6.45) is 1.57. The zero-order chi connectivity index (χ0) is 23.5. The van der Waals surface area contributed by atoms with Crippen molar-refractivity contribution in [1.29, 1.82) is 0 Å². The van der Waals surface area contributed by atoms with Gasteiger partial charge in [-0.3, -0.25) is 4.99 Å². The first-order valence-corrected chi connectivity index (χ1v) is 10.9. The molecule has 0 aliphatic rings. The molecule has 1 aromatic heterocycles. The van der Waals surface area contributed by atoms with E-state index in [-0.39, 0.29) is 5.82 Å². The second kappa shape index (κ2) is 12.7. The van der Waals surface area contributed by atoms with Crippen LogP contribution in [0.1, 0.15) is 30.5 Å². The summed E-state index contributed by atoms with van der Waals surface area (Å²) in [5, 5.41) is 7.17. The normalized spacial score (nSPS) is 10.8. The molecule has 0 aliphatic heterocycles. The van der Waals surface area contributed by atoms with Crippen molar-refractivity contribution in [2.24, 2.45) is 4.99 Å². The van der Waals surface area contributed by atoms with Gasteiger partial charge in [-0.1, -0.05) is 49.7 Å². The number of rotatable bonds is 7. The summed E-state index contributed by atoms with van der Waals surface area (Å²) in [6, 6.07) is 16.5. The molecule has 3 rings (SSSR count). The smallest absolute Gasteiger partial charge is 0.130 e. The Bertz CT molecular complexity index is 1000. The number of aliphatic imine (C=N–C) groups is 1. The van der Waals surface area contributed by atoms with E-state index < -0.39 is 0 Å². The van der Waals surface area contributed by atoms with Crippen molar-refractivity contribution in [2.45, 2.75) is 26.9 Å². The van der Waals surface area contributed by atoms with Crippen molar-refractivity contribution in [3.8, 4) is 0 Å². The first kappa shape index (κ1) is 25.1. The first-order valence-electron chi connectivity index (χ1n) is 10.6. The fraction of sp³-hybridized carbons (Fsp3) is 0.280. The molecule has 5 nitrogen and oxygen atoms in total. The number of halogens is 2. The molecule has 0 spiro atoms. The van der Waals surface area contributed by atoms with Gasteiger partial charge in [-0.15, -0.1) is 0 Å². The predicted octanol–water partition coefficient (Wildman–Crippen LogP) is 6.06. The van der Waals surface area contributed by atoms with E-state index in [2.05, 4.69) is 44.9 Å². The molecular weight excluding hydrogens is 425 g/mol. The minimum absolute atomic E-state index is 0.277. The largest absolute Gasteiger partial charge is 0.381 e. The molecule has 170 valence electrons. The molecule has 0 saturated heterocycles. The molecule has 0 unspecified atom stereocenters. The van der Waals surface area contributed by atoms with Crippen molar-refractivity contribution < 1.29 is 4.39 Å². The standard InChI is InChI=1S/C23H25ClFN5.C2H6/c1-26-23(30(2)3)17-6-4-16(5-7-17)13-27-21-10-9-20(25)12-18(21)14-28-22-11-8-19(24)15-29-22;1-2/h4-12,15,27H,13-14H2,1-3H3,(H,28,29);1-2H3. The molecule has 0 bridgehead atoms. The summed E-state index contributed by atoms with van der Waals surface area (Å²) >= 11 is 5.87. The number of aromatic nitrogens is 1. The number of hydrogen-bond donors (Lipinski definition) is 2. The summed E-state index contributed by atoms with van der Waals surface area (Å²) in [5.41, 5.74) is 3.87. The molecule has 0 radical (unpaired) electrons. The third-order valence-electron chi connectivity index (χ3n) is 4.59. The highest BCUT2D eigenvalue weighted by Gasteiger charge is 2.07. The van der Waals surface area contributed by atoms with E-state index in [9.17, 15) is 4.39 Å². The minimum atomic E-state index is -0.277. The van der Waals surface area contributed by atoms with E-state index in [1.54, 1.807) is 31.4 Å². The molecule has 0 fully saturated rings. The van der Waals surface area contributed by atoms with Crippen molar-refractivity contribution in [1.82, 2.24) is 9.88 Å². The Kier molecular flexibility index (Phi) is 9.95.